The minimum atomic E-state index is 0.648. The summed E-state index contributed by atoms with van der Waals surface area (Å²) >= 11 is 2.43. The highest BCUT2D eigenvalue weighted by atomic mass is 127. The van der Waals surface area contributed by atoms with Crippen LogP contribution in [0.2, 0.25) is 0 Å². The molecular formula is C15H21IN2. The zero-order valence-corrected chi connectivity index (χ0v) is 12.9. The molecule has 1 heterocycles. The summed E-state index contributed by atoms with van der Waals surface area (Å²) < 4.78 is 1.36. The first-order valence-corrected chi connectivity index (χ1v) is 8.11. The molecule has 1 saturated heterocycles. The van der Waals surface area contributed by atoms with Gasteiger partial charge in [-0.15, -0.1) is 0 Å². The average molecular weight is 356 g/mol. The molecule has 1 aromatic rings. The van der Waals surface area contributed by atoms with Crippen molar-refractivity contribution in [3.05, 3.63) is 33.4 Å². The van der Waals surface area contributed by atoms with Gasteiger partial charge in [0.15, 0.2) is 0 Å². The Morgan fingerprint density at radius 3 is 2.72 bits per heavy atom. The van der Waals surface area contributed by atoms with Gasteiger partial charge < -0.3 is 5.32 Å². The molecule has 3 rings (SSSR count). The van der Waals surface area contributed by atoms with Gasteiger partial charge in [0.25, 0.3) is 0 Å². The standard InChI is InChI=1S/C15H21IN2/c16-14-3-1-2-13(11-14)15(10-12-4-5-12)18-8-6-17-7-9-18/h1-3,11-12,15,17H,4-10H2/t15-/m0/s1. The van der Waals surface area contributed by atoms with Crippen LogP contribution in [-0.4, -0.2) is 31.1 Å². The van der Waals surface area contributed by atoms with Gasteiger partial charge in [0.1, 0.15) is 0 Å². The van der Waals surface area contributed by atoms with Gasteiger partial charge in [0.2, 0.25) is 0 Å². The second-order valence-electron chi connectivity index (χ2n) is 5.54. The molecule has 2 aliphatic rings. The molecule has 0 unspecified atom stereocenters. The third kappa shape index (κ3) is 3.25. The van der Waals surface area contributed by atoms with Crippen LogP contribution in [0.5, 0.6) is 0 Å². The van der Waals surface area contributed by atoms with Crippen molar-refractivity contribution in [3.63, 3.8) is 0 Å². The molecule has 1 atom stereocenters. The van der Waals surface area contributed by atoms with Crippen molar-refractivity contribution in [2.75, 3.05) is 26.2 Å². The van der Waals surface area contributed by atoms with Gasteiger partial charge in [0.05, 0.1) is 0 Å². The maximum absolute atomic E-state index is 3.46. The number of rotatable bonds is 4. The average Bonchev–Trinajstić information content (AvgIpc) is 3.21. The molecular weight excluding hydrogens is 335 g/mol. The topological polar surface area (TPSA) is 15.3 Å². The summed E-state index contributed by atoms with van der Waals surface area (Å²) in [5.41, 5.74) is 1.52. The molecule has 1 aliphatic carbocycles. The lowest BCUT2D eigenvalue weighted by Crippen LogP contribution is -2.45. The number of nitrogens with zero attached hydrogens (tertiary/aromatic N) is 1. The van der Waals surface area contributed by atoms with Gasteiger partial charge in [-0.1, -0.05) is 25.0 Å². The summed E-state index contributed by atoms with van der Waals surface area (Å²) in [7, 11) is 0. The van der Waals surface area contributed by atoms with E-state index in [1.807, 2.05) is 0 Å². The van der Waals surface area contributed by atoms with E-state index in [-0.39, 0.29) is 0 Å². The maximum atomic E-state index is 3.46. The molecule has 1 saturated carbocycles. The summed E-state index contributed by atoms with van der Waals surface area (Å²) in [6.45, 7) is 4.68. The Labute approximate surface area is 123 Å². The van der Waals surface area contributed by atoms with Gasteiger partial charge in [0, 0.05) is 35.8 Å². The third-order valence-electron chi connectivity index (χ3n) is 4.08. The fraction of sp³-hybridized carbons (Fsp3) is 0.600. The molecule has 2 fully saturated rings. The zero-order chi connectivity index (χ0) is 12.4. The predicted octanol–water partition coefficient (Wildman–Crippen LogP) is 3.04. The number of halogens is 1. The molecule has 2 nitrogen and oxygen atoms in total. The largest absolute Gasteiger partial charge is 0.314 e. The lowest BCUT2D eigenvalue weighted by atomic mass is 9.99. The van der Waals surface area contributed by atoms with Gasteiger partial charge in [-0.2, -0.15) is 0 Å². The van der Waals surface area contributed by atoms with Crippen LogP contribution in [0.15, 0.2) is 24.3 Å². The Balaban J connectivity index is 1.78. The monoisotopic (exact) mass is 356 g/mol. The van der Waals surface area contributed by atoms with Crippen molar-refractivity contribution in [1.82, 2.24) is 10.2 Å². The van der Waals surface area contributed by atoms with E-state index in [2.05, 4.69) is 57.1 Å². The predicted molar refractivity (Wildman–Crippen MR) is 83.7 cm³/mol. The Hall–Kier alpha value is -0.130. The third-order valence-corrected chi connectivity index (χ3v) is 4.75. The van der Waals surface area contributed by atoms with E-state index >= 15 is 0 Å². The Morgan fingerprint density at radius 2 is 2.06 bits per heavy atom. The lowest BCUT2D eigenvalue weighted by Gasteiger charge is -2.35. The molecule has 0 amide bonds. The van der Waals surface area contributed by atoms with Crippen LogP contribution in [-0.2, 0) is 0 Å². The highest BCUT2D eigenvalue weighted by Gasteiger charge is 2.30. The number of piperazine rings is 1. The van der Waals surface area contributed by atoms with Crippen LogP contribution in [0.3, 0.4) is 0 Å². The van der Waals surface area contributed by atoms with Crippen molar-refractivity contribution < 1.29 is 0 Å². The molecule has 0 radical (unpaired) electrons. The zero-order valence-electron chi connectivity index (χ0n) is 10.7. The molecule has 1 aliphatic heterocycles. The van der Waals surface area contributed by atoms with Crippen LogP contribution in [0.4, 0.5) is 0 Å². The van der Waals surface area contributed by atoms with Gasteiger partial charge in [-0.05, 0) is 52.6 Å². The number of benzene rings is 1. The second kappa shape index (κ2) is 5.88. The summed E-state index contributed by atoms with van der Waals surface area (Å²) in [6.07, 6.45) is 4.26. The van der Waals surface area contributed by atoms with Crippen LogP contribution in [0.1, 0.15) is 30.9 Å². The molecule has 0 aromatic heterocycles. The maximum Gasteiger partial charge on any atom is 0.0352 e. The summed E-state index contributed by atoms with van der Waals surface area (Å²) in [4.78, 5) is 2.68. The molecule has 18 heavy (non-hydrogen) atoms. The van der Waals surface area contributed by atoms with E-state index in [0.29, 0.717) is 6.04 Å². The molecule has 1 N–H and O–H groups in total. The minimum absolute atomic E-state index is 0.648. The fourth-order valence-electron chi connectivity index (χ4n) is 2.87. The quantitative estimate of drug-likeness (QED) is 0.835. The van der Waals surface area contributed by atoms with E-state index in [1.54, 1.807) is 0 Å². The van der Waals surface area contributed by atoms with Gasteiger partial charge in [-0.3, -0.25) is 4.90 Å². The van der Waals surface area contributed by atoms with Crippen LogP contribution in [0, 0.1) is 9.49 Å². The number of hydrogen-bond donors (Lipinski definition) is 1. The van der Waals surface area contributed by atoms with Crippen LogP contribution in [0.25, 0.3) is 0 Å². The Morgan fingerprint density at radius 1 is 1.28 bits per heavy atom. The molecule has 3 heteroatoms. The fourth-order valence-corrected chi connectivity index (χ4v) is 3.44. The van der Waals surface area contributed by atoms with Crippen LogP contribution < -0.4 is 5.32 Å². The normalized spacial score (nSPS) is 22.9. The van der Waals surface area contributed by atoms with E-state index < -0.39 is 0 Å². The number of nitrogens with one attached hydrogen (secondary N) is 1. The highest BCUT2D eigenvalue weighted by Crippen LogP contribution is 2.40. The van der Waals surface area contributed by atoms with Crippen LogP contribution >= 0.6 is 22.6 Å². The Bertz CT molecular complexity index is 397. The molecule has 98 valence electrons. The van der Waals surface area contributed by atoms with Crippen molar-refractivity contribution in [2.45, 2.75) is 25.3 Å². The van der Waals surface area contributed by atoms with Crippen molar-refractivity contribution in [2.24, 2.45) is 5.92 Å². The SMILES string of the molecule is Ic1cccc([C@H](CC2CC2)N2CCNCC2)c1. The second-order valence-corrected chi connectivity index (χ2v) is 6.78. The van der Waals surface area contributed by atoms with E-state index in [4.69, 9.17) is 0 Å². The molecule has 0 bridgehead atoms. The molecule has 0 spiro atoms. The van der Waals surface area contributed by atoms with E-state index in [0.717, 1.165) is 19.0 Å². The lowest BCUT2D eigenvalue weighted by molar-refractivity contribution is 0.160. The minimum Gasteiger partial charge on any atom is -0.314 e. The van der Waals surface area contributed by atoms with E-state index in [9.17, 15) is 0 Å². The first-order chi connectivity index (χ1) is 8.83. The Kier molecular flexibility index (Phi) is 4.21. The molecule has 1 aromatic carbocycles. The summed E-state index contributed by atoms with van der Waals surface area (Å²) in [6, 6.07) is 9.73. The smallest absolute Gasteiger partial charge is 0.0352 e. The summed E-state index contributed by atoms with van der Waals surface area (Å²) in [5, 5.41) is 3.46. The van der Waals surface area contributed by atoms with Crippen molar-refractivity contribution >= 4 is 22.6 Å². The van der Waals surface area contributed by atoms with Crippen molar-refractivity contribution in [3.8, 4) is 0 Å². The van der Waals surface area contributed by atoms with Crippen molar-refractivity contribution in [1.29, 1.82) is 0 Å². The first-order valence-electron chi connectivity index (χ1n) is 7.03. The van der Waals surface area contributed by atoms with Gasteiger partial charge >= 0.3 is 0 Å². The summed E-state index contributed by atoms with van der Waals surface area (Å²) in [5.74, 6) is 0.989. The van der Waals surface area contributed by atoms with Gasteiger partial charge in [-0.25, -0.2) is 0 Å². The highest BCUT2D eigenvalue weighted by molar-refractivity contribution is 14.1. The first kappa shape index (κ1) is 12.9. The number of hydrogen-bond acceptors (Lipinski definition) is 2. The van der Waals surface area contributed by atoms with E-state index in [1.165, 1.54) is 41.5 Å².